The highest BCUT2D eigenvalue weighted by Crippen LogP contribution is 2.27. The van der Waals surface area contributed by atoms with Crippen LogP contribution in [0.3, 0.4) is 0 Å². The Bertz CT molecular complexity index is 612. The Hall–Kier alpha value is -1.89. The SMILES string of the molecule is COC(=O)C(NC(=O)CNC(=O)CC1CCCC1)c1ccc(Br)cc1. The molecule has 25 heavy (non-hydrogen) atoms. The van der Waals surface area contributed by atoms with Crippen LogP contribution in [0.1, 0.15) is 43.7 Å². The second-order valence-corrected chi connectivity index (χ2v) is 7.12. The normalized spacial score (nSPS) is 15.4. The van der Waals surface area contributed by atoms with Crippen molar-refractivity contribution < 1.29 is 19.1 Å². The van der Waals surface area contributed by atoms with Crippen LogP contribution < -0.4 is 10.6 Å². The van der Waals surface area contributed by atoms with Crippen LogP contribution in [0, 0.1) is 5.92 Å². The first kappa shape index (κ1) is 19.4. The molecule has 1 saturated carbocycles. The van der Waals surface area contributed by atoms with Gasteiger partial charge in [-0.3, -0.25) is 9.59 Å². The summed E-state index contributed by atoms with van der Waals surface area (Å²) in [6, 6.07) is 6.11. The van der Waals surface area contributed by atoms with E-state index in [9.17, 15) is 14.4 Å². The standard InChI is InChI=1S/C18H23BrN2O4/c1-25-18(24)17(13-6-8-14(19)9-7-13)21-16(23)11-20-15(22)10-12-4-2-3-5-12/h6-9,12,17H,2-5,10-11H2,1H3,(H,20,22)(H,21,23). The smallest absolute Gasteiger partial charge is 0.333 e. The molecular formula is C18H23BrN2O4. The van der Waals surface area contributed by atoms with Crippen molar-refractivity contribution in [3.63, 3.8) is 0 Å². The lowest BCUT2D eigenvalue weighted by molar-refractivity contribution is -0.145. The average molecular weight is 411 g/mol. The summed E-state index contributed by atoms with van der Waals surface area (Å²) in [6.07, 6.45) is 4.96. The maximum Gasteiger partial charge on any atom is 0.333 e. The quantitative estimate of drug-likeness (QED) is 0.676. The van der Waals surface area contributed by atoms with Crippen molar-refractivity contribution in [2.24, 2.45) is 5.92 Å². The van der Waals surface area contributed by atoms with Crippen LogP contribution in [0.2, 0.25) is 0 Å². The fraction of sp³-hybridized carbons (Fsp3) is 0.500. The topological polar surface area (TPSA) is 84.5 Å². The van der Waals surface area contributed by atoms with Gasteiger partial charge in [0.25, 0.3) is 0 Å². The molecule has 0 spiro atoms. The maximum absolute atomic E-state index is 12.1. The summed E-state index contributed by atoms with van der Waals surface area (Å²) < 4.78 is 5.63. The van der Waals surface area contributed by atoms with Gasteiger partial charge >= 0.3 is 5.97 Å². The first-order valence-corrected chi connectivity index (χ1v) is 9.18. The molecule has 7 heteroatoms. The van der Waals surface area contributed by atoms with Gasteiger partial charge in [0.2, 0.25) is 11.8 Å². The summed E-state index contributed by atoms with van der Waals surface area (Å²) in [5, 5.41) is 5.23. The fourth-order valence-corrected chi connectivity index (χ4v) is 3.26. The molecule has 2 amide bonds. The summed E-state index contributed by atoms with van der Waals surface area (Å²) in [5.41, 5.74) is 0.612. The van der Waals surface area contributed by atoms with Crippen LogP contribution in [-0.4, -0.2) is 31.4 Å². The third-order valence-corrected chi connectivity index (χ3v) is 4.87. The van der Waals surface area contributed by atoms with Crippen molar-refractivity contribution in [2.45, 2.75) is 38.1 Å². The number of carbonyl (C=O) groups excluding carboxylic acids is 3. The molecule has 2 rings (SSSR count). The van der Waals surface area contributed by atoms with E-state index in [1.54, 1.807) is 24.3 Å². The molecule has 0 radical (unpaired) electrons. The molecule has 1 aromatic carbocycles. The van der Waals surface area contributed by atoms with Gasteiger partial charge in [0.15, 0.2) is 6.04 Å². The van der Waals surface area contributed by atoms with E-state index >= 15 is 0 Å². The number of methoxy groups -OCH3 is 1. The molecular weight excluding hydrogens is 388 g/mol. The Morgan fingerprint density at radius 1 is 1.16 bits per heavy atom. The Morgan fingerprint density at radius 2 is 1.80 bits per heavy atom. The van der Waals surface area contributed by atoms with Crippen molar-refractivity contribution in [1.29, 1.82) is 0 Å². The number of benzene rings is 1. The Balaban J connectivity index is 1.87. The van der Waals surface area contributed by atoms with Gasteiger partial charge < -0.3 is 15.4 Å². The van der Waals surface area contributed by atoms with E-state index in [-0.39, 0.29) is 12.5 Å². The predicted molar refractivity (Wildman–Crippen MR) is 96.6 cm³/mol. The second kappa shape index (κ2) is 9.56. The molecule has 0 heterocycles. The third-order valence-electron chi connectivity index (χ3n) is 4.34. The number of esters is 1. The van der Waals surface area contributed by atoms with Crippen LogP contribution in [0.5, 0.6) is 0 Å². The lowest BCUT2D eigenvalue weighted by Crippen LogP contribution is -2.41. The van der Waals surface area contributed by atoms with Crippen LogP contribution in [-0.2, 0) is 19.1 Å². The number of halogens is 1. The predicted octanol–water partition coefficient (Wildman–Crippen LogP) is 2.48. The lowest BCUT2D eigenvalue weighted by Gasteiger charge is -2.17. The summed E-state index contributed by atoms with van der Waals surface area (Å²) in [6.45, 7) is -0.157. The van der Waals surface area contributed by atoms with Crippen LogP contribution in [0.15, 0.2) is 28.7 Å². The zero-order chi connectivity index (χ0) is 18.2. The summed E-state index contributed by atoms with van der Waals surface area (Å²) in [4.78, 5) is 36.0. The van der Waals surface area contributed by atoms with Crippen molar-refractivity contribution in [1.82, 2.24) is 10.6 Å². The van der Waals surface area contributed by atoms with Gasteiger partial charge in [-0.05, 0) is 36.5 Å². The minimum Gasteiger partial charge on any atom is -0.467 e. The maximum atomic E-state index is 12.1. The molecule has 6 nitrogen and oxygen atoms in total. The van der Waals surface area contributed by atoms with Crippen LogP contribution in [0.4, 0.5) is 0 Å². The Kier molecular flexibility index (Phi) is 7.43. The van der Waals surface area contributed by atoms with Crippen LogP contribution in [0.25, 0.3) is 0 Å². The zero-order valence-corrected chi connectivity index (χ0v) is 15.8. The molecule has 0 saturated heterocycles. The number of carbonyl (C=O) groups is 3. The monoisotopic (exact) mass is 410 g/mol. The number of hydrogen-bond donors (Lipinski definition) is 2. The molecule has 1 aromatic rings. The number of amides is 2. The third kappa shape index (κ3) is 6.16. The highest BCUT2D eigenvalue weighted by atomic mass is 79.9. The van der Waals surface area contributed by atoms with Crippen molar-refractivity contribution >= 4 is 33.7 Å². The van der Waals surface area contributed by atoms with E-state index in [1.807, 2.05) is 0 Å². The minimum absolute atomic E-state index is 0.125. The molecule has 136 valence electrons. The number of rotatable bonds is 7. The fourth-order valence-electron chi connectivity index (χ4n) is 2.99. The highest BCUT2D eigenvalue weighted by molar-refractivity contribution is 9.10. The zero-order valence-electron chi connectivity index (χ0n) is 14.2. The van der Waals surface area contributed by atoms with Gasteiger partial charge in [-0.2, -0.15) is 0 Å². The summed E-state index contributed by atoms with van der Waals surface area (Å²) >= 11 is 3.33. The minimum atomic E-state index is -0.905. The van der Waals surface area contributed by atoms with Crippen LogP contribution >= 0.6 is 15.9 Å². The molecule has 1 atom stereocenters. The van der Waals surface area contributed by atoms with Crippen molar-refractivity contribution in [2.75, 3.05) is 13.7 Å². The van der Waals surface area contributed by atoms with E-state index in [1.165, 1.54) is 20.0 Å². The molecule has 2 N–H and O–H groups in total. The average Bonchev–Trinajstić information content (AvgIpc) is 3.11. The van der Waals surface area contributed by atoms with Gasteiger partial charge in [-0.1, -0.05) is 40.9 Å². The lowest BCUT2D eigenvalue weighted by atomic mass is 10.0. The largest absolute Gasteiger partial charge is 0.467 e. The number of nitrogens with one attached hydrogen (secondary N) is 2. The molecule has 1 aliphatic carbocycles. The van der Waals surface area contributed by atoms with Gasteiger partial charge in [0, 0.05) is 10.9 Å². The second-order valence-electron chi connectivity index (χ2n) is 6.21. The van der Waals surface area contributed by atoms with E-state index in [4.69, 9.17) is 4.74 Å². The van der Waals surface area contributed by atoms with E-state index in [0.29, 0.717) is 17.9 Å². The van der Waals surface area contributed by atoms with Crippen molar-refractivity contribution in [3.8, 4) is 0 Å². The Morgan fingerprint density at radius 3 is 2.40 bits per heavy atom. The molecule has 0 bridgehead atoms. The van der Waals surface area contributed by atoms with Gasteiger partial charge in [0.1, 0.15) is 0 Å². The van der Waals surface area contributed by atoms with E-state index < -0.39 is 17.9 Å². The van der Waals surface area contributed by atoms with Crippen molar-refractivity contribution in [3.05, 3.63) is 34.3 Å². The molecule has 0 aromatic heterocycles. The number of hydrogen-bond acceptors (Lipinski definition) is 4. The molecule has 1 fully saturated rings. The molecule has 1 unspecified atom stereocenters. The van der Waals surface area contributed by atoms with E-state index in [2.05, 4.69) is 26.6 Å². The number of ether oxygens (including phenoxy) is 1. The Labute approximate surface area is 155 Å². The highest BCUT2D eigenvalue weighted by Gasteiger charge is 2.24. The van der Waals surface area contributed by atoms with Gasteiger partial charge in [0.05, 0.1) is 13.7 Å². The summed E-state index contributed by atoms with van der Waals surface area (Å²) in [7, 11) is 1.27. The summed E-state index contributed by atoms with van der Waals surface area (Å²) in [5.74, 6) is -0.694. The molecule has 1 aliphatic rings. The molecule has 0 aliphatic heterocycles. The van der Waals surface area contributed by atoms with E-state index in [0.717, 1.165) is 17.3 Å². The first-order chi connectivity index (χ1) is 12.0. The first-order valence-electron chi connectivity index (χ1n) is 8.39. The van der Waals surface area contributed by atoms with Gasteiger partial charge in [-0.25, -0.2) is 4.79 Å². The van der Waals surface area contributed by atoms with Gasteiger partial charge in [-0.15, -0.1) is 0 Å².